The Labute approximate surface area is 192 Å². The zero-order valence-corrected chi connectivity index (χ0v) is 19.6. The van der Waals surface area contributed by atoms with Crippen molar-refractivity contribution in [3.63, 3.8) is 0 Å². The van der Waals surface area contributed by atoms with E-state index in [9.17, 15) is 0 Å². The molecule has 0 aromatic carbocycles. The molecule has 0 amide bonds. The number of nitrogens with zero attached hydrogens (tertiary/aromatic N) is 9. The highest BCUT2D eigenvalue weighted by Crippen LogP contribution is 2.23. The minimum absolute atomic E-state index is 0.128. The molecule has 174 valence electrons. The topological polar surface area (TPSA) is 144 Å². The Morgan fingerprint density at radius 3 is 2.48 bits per heavy atom. The largest absolute Gasteiger partial charge is 0.396 e. The van der Waals surface area contributed by atoms with Crippen LogP contribution in [0, 0.1) is 6.92 Å². The van der Waals surface area contributed by atoms with E-state index in [1.54, 1.807) is 17.1 Å². The molecule has 0 radical (unpaired) electrons. The number of H-pyrrole nitrogens is 1. The van der Waals surface area contributed by atoms with Crippen molar-refractivity contribution >= 4 is 0 Å². The minimum Gasteiger partial charge on any atom is -0.396 e. The standard InChI is InChI=1S/C13H19N5O.C9H11N5/c1-9(2)12-7-11(8-14-10(12)3)13-15-16-17-18(13)5-4-6-19;1-6(2)7-3-8(5-10-4-7)9-11-13-14-12-9/h7-9,19H,4-6H2,1-3H3;3-6H,1-2H3,(H,11,12,13,14). The molecule has 0 bridgehead atoms. The molecular formula is C22H30N10O. The van der Waals surface area contributed by atoms with E-state index < -0.39 is 0 Å². The van der Waals surface area contributed by atoms with Crippen molar-refractivity contribution in [1.29, 1.82) is 0 Å². The lowest BCUT2D eigenvalue weighted by atomic mass is 10.00. The maximum Gasteiger partial charge on any atom is 0.206 e. The molecule has 4 aromatic rings. The van der Waals surface area contributed by atoms with Gasteiger partial charge in [-0.15, -0.1) is 15.3 Å². The van der Waals surface area contributed by atoms with Gasteiger partial charge in [0.15, 0.2) is 5.82 Å². The van der Waals surface area contributed by atoms with E-state index in [-0.39, 0.29) is 6.61 Å². The Hall–Kier alpha value is -3.60. The van der Waals surface area contributed by atoms with Crippen LogP contribution < -0.4 is 0 Å². The van der Waals surface area contributed by atoms with Crippen LogP contribution in [0.4, 0.5) is 0 Å². The SMILES string of the molecule is CC(C)c1cncc(-c2nn[nH]n2)c1.Cc1ncc(-c2nnnn2CCCO)cc1C(C)C. The number of aliphatic hydroxyl groups is 1. The number of hydrogen-bond acceptors (Lipinski definition) is 9. The summed E-state index contributed by atoms with van der Waals surface area (Å²) in [4.78, 5) is 8.56. The van der Waals surface area contributed by atoms with Crippen LogP contribution in [0.15, 0.2) is 30.7 Å². The normalized spacial score (nSPS) is 11.0. The average molecular weight is 451 g/mol. The van der Waals surface area contributed by atoms with Crippen molar-refractivity contribution in [1.82, 2.24) is 50.8 Å². The summed E-state index contributed by atoms with van der Waals surface area (Å²) in [7, 11) is 0. The fraction of sp³-hybridized carbons (Fsp3) is 0.455. The summed E-state index contributed by atoms with van der Waals surface area (Å²) in [6.07, 6.45) is 6.02. The Bertz CT molecular complexity index is 1140. The number of aromatic amines is 1. The lowest BCUT2D eigenvalue weighted by Crippen LogP contribution is -2.05. The Kier molecular flexibility index (Phi) is 8.25. The van der Waals surface area contributed by atoms with Gasteiger partial charge in [0.2, 0.25) is 5.82 Å². The Balaban J connectivity index is 0.000000194. The number of pyridine rings is 2. The quantitative estimate of drug-likeness (QED) is 0.434. The molecule has 11 heteroatoms. The fourth-order valence-corrected chi connectivity index (χ4v) is 3.22. The predicted octanol–water partition coefficient (Wildman–Crippen LogP) is 2.93. The van der Waals surface area contributed by atoms with Gasteiger partial charge in [0.25, 0.3) is 0 Å². The average Bonchev–Trinajstić information content (AvgIpc) is 3.51. The minimum atomic E-state index is 0.128. The molecule has 2 N–H and O–H groups in total. The highest BCUT2D eigenvalue weighted by molar-refractivity contribution is 5.55. The van der Waals surface area contributed by atoms with E-state index in [0.29, 0.717) is 36.5 Å². The van der Waals surface area contributed by atoms with Gasteiger partial charge in [-0.3, -0.25) is 9.97 Å². The van der Waals surface area contributed by atoms with Crippen LogP contribution in [0.25, 0.3) is 22.8 Å². The molecule has 33 heavy (non-hydrogen) atoms. The van der Waals surface area contributed by atoms with E-state index in [2.05, 4.69) is 79.9 Å². The number of tetrazole rings is 2. The van der Waals surface area contributed by atoms with Crippen LogP contribution in [0.1, 0.15) is 62.8 Å². The molecule has 0 aliphatic carbocycles. The summed E-state index contributed by atoms with van der Waals surface area (Å²) in [5.74, 6) is 2.14. The monoisotopic (exact) mass is 450 g/mol. The summed E-state index contributed by atoms with van der Waals surface area (Å²) in [5.41, 5.74) is 5.22. The Morgan fingerprint density at radius 2 is 1.82 bits per heavy atom. The van der Waals surface area contributed by atoms with Crippen molar-refractivity contribution in [3.05, 3.63) is 47.5 Å². The van der Waals surface area contributed by atoms with Crippen molar-refractivity contribution in [2.75, 3.05) is 6.61 Å². The van der Waals surface area contributed by atoms with Gasteiger partial charge in [-0.2, -0.15) is 5.21 Å². The van der Waals surface area contributed by atoms with Crippen molar-refractivity contribution in [2.45, 2.75) is 59.4 Å². The highest BCUT2D eigenvalue weighted by Gasteiger charge is 2.12. The first kappa shape index (κ1) is 24.1. The third-order valence-corrected chi connectivity index (χ3v) is 5.10. The van der Waals surface area contributed by atoms with Crippen LogP contribution in [0.5, 0.6) is 0 Å². The molecule has 0 spiro atoms. The lowest BCUT2D eigenvalue weighted by molar-refractivity contribution is 0.276. The number of hydrogen-bond donors (Lipinski definition) is 2. The van der Waals surface area contributed by atoms with Gasteiger partial charge in [0.1, 0.15) is 0 Å². The third kappa shape index (κ3) is 6.22. The van der Waals surface area contributed by atoms with Crippen LogP contribution >= 0.6 is 0 Å². The van der Waals surface area contributed by atoms with E-state index in [4.69, 9.17) is 5.11 Å². The smallest absolute Gasteiger partial charge is 0.206 e. The molecule has 11 nitrogen and oxygen atoms in total. The maximum absolute atomic E-state index is 8.89. The molecule has 0 aliphatic rings. The molecule has 0 unspecified atom stereocenters. The summed E-state index contributed by atoms with van der Waals surface area (Å²) >= 11 is 0. The van der Waals surface area contributed by atoms with Gasteiger partial charge in [0.05, 0.1) is 0 Å². The van der Waals surface area contributed by atoms with E-state index in [1.165, 1.54) is 11.1 Å². The zero-order valence-electron chi connectivity index (χ0n) is 19.6. The summed E-state index contributed by atoms with van der Waals surface area (Å²) in [6.45, 7) is 11.3. The number of aryl methyl sites for hydroxylation is 2. The van der Waals surface area contributed by atoms with Gasteiger partial charge in [0, 0.05) is 48.6 Å². The first-order valence-corrected chi connectivity index (χ1v) is 10.9. The first-order valence-electron chi connectivity index (χ1n) is 10.9. The van der Waals surface area contributed by atoms with Crippen molar-refractivity contribution in [3.8, 4) is 22.8 Å². The van der Waals surface area contributed by atoms with Gasteiger partial charge >= 0.3 is 0 Å². The summed E-state index contributed by atoms with van der Waals surface area (Å²) in [5, 5.41) is 34.3. The summed E-state index contributed by atoms with van der Waals surface area (Å²) in [6, 6.07) is 4.12. The molecule has 4 rings (SSSR count). The van der Waals surface area contributed by atoms with Gasteiger partial charge in [-0.25, -0.2) is 4.68 Å². The van der Waals surface area contributed by atoms with Gasteiger partial charge in [-0.05, 0) is 64.1 Å². The molecule has 0 atom stereocenters. The van der Waals surface area contributed by atoms with Gasteiger partial charge < -0.3 is 5.11 Å². The highest BCUT2D eigenvalue weighted by atomic mass is 16.3. The molecular weight excluding hydrogens is 420 g/mol. The van der Waals surface area contributed by atoms with Crippen LogP contribution in [0.2, 0.25) is 0 Å². The van der Waals surface area contributed by atoms with E-state index in [1.807, 2.05) is 19.2 Å². The van der Waals surface area contributed by atoms with Crippen molar-refractivity contribution in [2.24, 2.45) is 0 Å². The maximum atomic E-state index is 8.89. The fourth-order valence-electron chi connectivity index (χ4n) is 3.22. The third-order valence-electron chi connectivity index (χ3n) is 5.10. The van der Waals surface area contributed by atoms with Crippen molar-refractivity contribution < 1.29 is 5.11 Å². The molecule has 4 aromatic heterocycles. The van der Waals surface area contributed by atoms with Crippen LogP contribution in [-0.4, -0.2) is 62.5 Å². The molecule has 4 heterocycles. The van der Waals surface area contributed by atoms with Crippen LogP contribution in [-0.2, 0) is 6.54 Å². The number of aliphatic hydroxyl groups excluding tert-OH is 1. The second kappa shape index (κ2) is 11.3. The molecule has 0 saturated carbocycles. The zero-order chi connectivity index (χ0) is 23.8. The van der Waals surface area contributed by atoms with Crippen LogP contribution in [0.3, 0.4) is 0 Å². The second-order valence-corrected chi connectivity index (χ2v) is 8.25. The predicted molar refractivity (Wildman–Crippen MR) is 123 cm³/mol. The summed E-state index contributed by atoms with van der Waals surface area (Å²) < 4.78 is 1.70. The first-order chi connectivity index (χ1) is 15.9. The number of nitrogens with one attached hydrogen (secondary N) is 1. The van der Waals surface area contributed by atoms with Gasteiger partial charge in [-0.1, -0.05) is 27.7 Å². The van der Waals surface area contributed by atoms with E-state index >= 15 is 0 Å². The Morgan fingerprint density at radius 1 is 1.00 bits per heavy atom. The number of aromatic nitrogens is 10. The molecule has 0 saturated heterocycles. The van der Waals surface area contributed by atoms with E-state index in [0.717, 1.165) is 16.8 Å². The number of rotatable bonds is 7. The lowest BCUT2D eigenvalue weighted by Gasteiger charge is -2.11. The second-order valence-electron chi connectivity index (χ2n) is 8.25. The molecule has 0 aliphatic heterocycles. The molecule has 0 fully saturated rings.